The lowest BCUT2D eigenvalue weighted by atomic mass is 9.86. The molecule has 3 atom stereocenters. The summed E-state index contributed by atoms with van der Waals surface area (Å²) < 4.78 is 5.69. The number of aliphatic hydroxyl groups is 1. The Balaban J connectivity index is 1.72. The molecule has 1 aromatic heterocycles. The third kappa shape index (κ3) is 3.99. The highest BCUT2D eigenvalue weighted by Gasteiger charge is 2.37. The first-order valence-electron chi connectivity index (χ1n) is 10.2. The Bertz CT molecular complexity index is 1010. The highest BCUT2D eigenvalue weighted by molar-refractivity contribution is 5.42. The lowest BCUT2D eigenvalue weighted by Gasteiger charge is -2.23. The van der Waals surface area contributed by atoms with Gasteiger partial charge in [0.15, 0.2) is 0 Å². The molecule has 150 valence electrons. The van der Waals surface area contributed by atoms with Crippen LogP contribution in [0.4, 0.5) is 0 Å². The fourth-order valence-electron chi connectivity index (χ4n) is 4.20. The normalized spacial score (nSPS) is 16.9. The van der Waals surface area contributed by atoms with E-state index in [4.69, 9.17) is 4.42 Å². The van der Waals surface area contributed by atoms with Crippen molar-refractivity contribution < 1.29 is 14.6 Å². The van der Waals surface area contributed by atoms with Gasteiger partial charge >= 0.3 is 5.63 Å². The van der Waals surface area contributed by atoms with Gasteiger partial charge in [-0.15, -0.1) is 0 Å². The molecule has 2 N–H and O–H groups in total. The predicted molar refractivity (Wildman–Crippen MR) is 112 cm³/mol. The summed E-state index contributed by atoms with van der Waals surface area (Å²) in [7, 11) is 0. The van der Waals surface area contributed by atoms with Crippen molar-refractivity contribution in [2.24, 2.45) is 5.92 Å². The van der Waals surface area contributed by atoms with E-state index in [1.807, 2.05) is 67.6 Å². The smallest absolute Gasteiger partial charge is 0.343 e. The van der Waals surface area contributed by atoms with Crippen LogP contribution in [0.25, 0.3) is 0 Å². The van der Waals surface area contributed by atoms with Gasteiger partial charge in [-0.3, -0.25) is 0 Å². The number of benzene rings is 2. The molecule has 1 aliphatic carbocycles. The quantitative estimate of drug-likeness (QED) is 0.588. The third-order valence-electron chi connectivity index (χ3n) is 5.88. The molecule has 0 saturated heterocycles. The standard InChI is InChI=1S/C25H26O4/c1-2-19(24(27)18-11-7-4-8-12-18)21-15-20(26)23(25(28)29-21)22(17-13-14-17)16-9-5-3-6-10-16/h3-12,15,17,19,22,24,26-27H,2,13-14H2,1H3. The Kier molecular flexibility index (Phi) is 5.54. The minimum Gasteiger partial charge on any atom is -0.507 e. The van der Waals surface area contributed by atoms with Crippen LogP contribution in [0.3, 0.4) is 0 Å². The van der Waals surface area contributed by atoms with Gasteiger partial charge in [-0.1, -0.05) is 67.6 Å². The number of rotatable bonds is 7. The molecular weight excluding hydrogens is 364 g/mol. The summed E-state index contributed by atoms with van der Waals surface area (Å²) in [4.78, 5) is 13.0. The maximum absolute atomic E-state index is 13.0. The van der Waals surface area contributed by atoms with Crippen molar-refractivity contribution in [2.75, 3.05) is 0 Å². The molecule has 0 amide bonds. The van der Waals surface area contributed by atoms with Gasteiger partial charge in [-0.25, -0.2) is 4.79 Å². The molecule has 0 aliphatic heterocycles. The van der Waals surface area contributed by atoms with Gasteiger partial charge in [0.25, 0.3) is 0 Å². The molecule has 4 rings (SSSR count). The lowest BCUT2D eigenvalue weighted by Crippen LogP contribution is -2.19. The maximum Gasteiger partial charge on any atom is 0.343 e. The van der Waals surface area contributed by atoms with Crippen molar-refractivity contribution in [3.8, 4) is 5.75 Å². The average molecular weight is 390 g/mol. The topological polar surface area (TPSA) is 70.7 Å². The molecule has 3 aromatic rings. The van der Waals surface area contributed by atoms with Crippen molar-refractivity contribution >= 4 is 0 Å². The molecule has 1 heterocycles. The van der Waals surface area contributed by atoms with Gasteiger partial charge < -0.3 is 14.6 Å². The summed E-state index contributed by atoms with van der Waals surface area (Å²) in [5.41, 5.74) is 1.58. The van der Waals surface area contributed by atoms with E-state index in [2.05, 4.69) is 0 Å². The van der Waals surface area contributed by atoms with Gasteiger partial charge in [-0.2, -0.15) is 0 Å². The van der Waals surface area contributed by atoms with Crippen LogP contribution in [0.2, 0.25) is 0 Å². The number of hydrogen-bond acceptors (Lipinski definition) is 4. The van der Waals surface area contributed by atoms with Crippen LogP contribution in [-0.2, 0) is 0 Å². The Morgan fingerprint density at radius 3 is 2.10 bits per heavy atom. The second-order valence-corrected chi connectivity index (χ2v) is 7.83. The molecule has 0 radical (unpaired) electrons. The van der Waals surface area contributed by atoms with Crippen LogP contribution >= 0.6 is 0 Å². The summed E-state index contributed by atoms with van der Waals surface area (Å²) in [5.74, 6) is 0.0316. The van der Waals surface area contributed by atoms with Crippen molar-refractivity contribution in [1.82, 2.24) is 0 Å². The molecule has 2 aromatic carbocycles. The van der Waals surface area contributed by atoms with E-state index >= 15 is 0 Å². The summed E-state index contributed by atoms with van der Waals surface area (Å²) in [6.45, 7) is 1.93. The maximum atomic E-state index is 13.0. The van der Waals surface area contributed by atoms with E-state index in [0.29, 0.717) is 23.7 Å². The fourth-order valence-corrected chi connectivity index (χ4v) is 4.20. The van der Waals surface area contributed by atoms with Gasteiger partial charge in [0, 0.05) is 17.9 Å². The van der Waals surface area contributed by atoms with E-state index in [1.165, 1.54) is 6.07 Å². The van der Waals surface area contributed by atoms with Gasteiger partial charge in [0.2, 0.25) is 0 Å². The van der Waals surface area contributed by atoms with Crippen molar-refractivity contribution in [3.63, 3.8) is 0 Å². The van der Waals surface area contributed by atoms with Gasteiger partial charge in [-0.05, 0) is 36.3 Å². The van der Waals surface area contributed by atoms with Gasteiger partial charge in [0.1, 0.15) is 11.5 Å². The molecule has 4 heteroatoms. The molecule has 1 saturated carbocycles. The largest absolute Gasteiger partial charge is 0.507 e. The molecule has 0 spiro atoms. The highest BCUT2D eigenvalue weighted by atomic mass is 16.4. The zero-order chi connectivity index (χ0) is 20.4. The van der Waals surface area contributed by atoms with E-state index in [-0.39, 0.29) is 11.7 Å². The zero-order valence-corrected chi connectivity index (χ0v) is 16.5. The highest BCUT2D eigenvalue weighted by Crippen LogP contribution is 2.48. The molecule has 3 unspecified atom stereocenters. The summed E-state index contributed by atoms with van der Waals surface area (Å²) in [5, 5.41) is 21.7. The van der Waals surface area contributed by atoms with Crippen LogP contribution < -0.4 is 5.63 Å². The predicted octanol–water partition coefficient (Wildman–Crippen LogP) is 5.11. The minimum absolute atomic E-state index is 0.0456. The van der Waals surface area contributed by atoms with Crippen LogP contribution in [0.5, 0.6) is 5.75 Å². The fraction of sp³-hybridized carbons (Fsp3) is 0.320. The van der Waals surface area contributed by atoms with Crippen LogP contribution in [-0.4, -0.2) is 10.2 Å². The Morgan fingerprint density at radius 1 is 1.00 bits per heavy atom. The molecule has 1 fully saturated rings. The van der Waals surface area contributed by atoms with Crippen LogP contribution in [0, 0.1) is 5.92 Å². The molecule has 4 nitrogen and oxygen atoms in total. The zero-order valence-electron chi connectivity index (χ0n) is 16.5. The molecular formula is C25H26O4. The van der Waals surface area contributed by atoms with Crippen LogP contribution in [0.1, 0.15) is 66.6 Å². The third-order valence-corrected chi connectivity index (χ3v) is 5.88. The number of aliphatic hydroxyl groups excluding tert-OH is 1. The monoisotopic (exact) mass is 390 g/mol. The van der Waals surface area contributed by atoms with Crippen molar-refractivity contribution in [2.45, 2.75) is 44.1 Å². The minimum atomic E-state index is -0.817. The summed E-state index contributed by atoms with van der Waals surface area (Å²) in [6, 6.07) is 20.6. The van der Waals surface area contributed by atoms with E-state index in [1.54, 1.807) is 0 Å². The lowest BCUT2D eigenvalue weighted by molar-refractivity contribution is 0.129. The summed E-state index contributed by atoms with van der Waals surface area (Å²) >= 11 is 0. The molecule has 0 bridgehead atoms. The Hall–Kier alpha value is -2.85. The van der Waals surface area contributed by atoms with E-state index < -0.39 is 17.6 Å². The van der Waals surface area contributed by atoms with E-state index in [9.17, 15) is 15.0 Å². The number of hydrogen-bond donors (Lipinski definition) is 2. The number of aromatic hydroxyl groups is 1. The second kappa shape index (κ2) is 8.26. The van der Waals surface area contributed by atoms with Gasteiger partial charge in [0.05, 0.1) is 11.7 Å². The van der Waals surface area contributed by atoms with E-state index in [0.717, 1.165) is 24.0 Å². The summed E-state index contributed by atoms with van der Waals surface area (Å²) in [6.07, 6.45) is 1.82. The van der Waals surface area contributed by atoms with Crippen molar-refractivity contribution in [1.29, 1.82) is 0 Å². The first kappa shape index (κ1) is 19.5. The van der Waals surface area contributed by atoms with Crippen molar-refractivity contribution in [3.05, 3.63) is 99.6 Å². The Morgan fingerprint density at radius 2 is 1.59 bits per heavy atom. The SMILES string of the molecule is CCC(c1cc(O)c(C(c2ccccc2)C2CC2)c(=O)o1)C(O)c1ccccc1. The first-order valence-corrected chi connectivity index (χ1v) is 10.2. The van der Waals surface area contributed by atoms with Crippen LogP contribution in [0.15, 0.2) is 75.9 Å². The average Bonchev–Trinajstić information content (AvgIpc) is 3.57. The Labute approximate surface area is 170 Å². The second-order valence-electron chi connectivity index (χ2n) is 7.83. The molecule has 29 heavy (non-hydrogen) atoms. The first-order chi connectivity index (χ1) is 14.1. The molecule has 1 aliphatic rings.